The minimum absolute atomic E-state index is 0.0991. The minimum Gasteiger partial charge on any atom is -0.494 e. The predicted octanol–water partition coefficient (Wildman–Crippen LogP) is 3.37. The molecule has 4 N–H and O–H groups in total. The van der Waals surface area contributed by atoms with Gasteiger partial charge in [0.25, 0.3) is 0 Å². The summed E-state index contributed by atoms with van der Waals surface area (Å²) in [4.78, 5) is 7.92. The van der Waals surface area contributed by atoms with Crippen molar-refractivity contribution in [3.8, 4) is 22.9 Å². The average molecular weight is 368 g/mol. The highest BCUT2D eigenvalue weighted by Crippen LogP contribution is 2.39. The van der Waals surface area contributed by atoms with E-state index in [2.05, 4.69) is 28.9 Å². The third-order valence-electron chi connectivity index (χ3n) is 4.19. The van der Waals surface area contributed by atoms with Crippen LogP contribution in [0.15, 0.2) is 24.4 Å². The van der Waals surface area contributed by atoms with Crippen LogP contribution in [0.2, 0.25) is 0 Å². The molecule has 3 aromatic rings. The smallest absolute Gasteiger partial charge is 0.222 e. The maximum Gasteiger partial charge on any atom is 0.222 e. The summed E-state index contributed by atoms with van der Waals surface area (Å²) < 4.78 is 13.5. The third-order valence-corrected chi connectivity index (χ3v) is 4.19. The fourth-order valence-electron chi connectivity index (χ4n) is 2.90. The number of aryl methyl sites for hydroxylation is 2. The van der Waals surface area contributed by atoms with Gasteiger partial charge in [0.1, 0.15) is 17.2 Å². The van der Waals surface area contributed by atoms with Gasteiger partial charge in [-0.2, -0.15) is 10.1 Å². The van der Waals surface area contributed by atoms with Crippen LogP contribution >= 0.6 is 0 Å². The first-order valence-electron chi connectivity index (χ1n) is 8.61. The summed E-state index contributed by atoms with van der Waals surface area (Å²) in [6.07, 6.45) is 1.47. The highest BCUT2D eigenvalue weighted by atomic mass is 16.5. The van der Waals surface area contributed by atoms with Gasteiger partial charge in [0, 0.05) is 17.3 Å². The van der Waals surface area contributed by atoms with E-state index >= 15 is 0 Å². The van der Waals surface area contributed by atoms with Gasteiger partial charge in [-0.05, 0) is 31.9 Å². The van der Waals surface area contributed by atoms with E-state index in [4.69, 9.17) is 20.9 Å². The molecule has 3 rings (SSSR count). The number of nitrogens with two attached hydrogens (primary N) is 2. The Morgan fingerprint density at radius 1 is 1.04 bits per heavy atom. The zero-order chi connectivity index (χ0) is 19.7. The van der Waals surface area contributed by atoms with Crippen molar-refractivity contribution in [2.24, 2.45) is 0 Å². The Kier molecular flexibility index (Phi) is 4.89. The van der Waals surface area contributed by atoms with Crippen molar-refractivity contribution < 1.29 is 9.47 Å². The molecular weight excluding hydrogens is 344 g/mol. The van der Waals surface area contributed by atoms with Crippen molar-refractivity contribution in [1.29, 1.82) is 0 Å². The van der Waals surface area contributed by atoms with Crippen molar-refractivity contribution in [3.63, 3.8) is 0 Å². The average Bonchev–Trinajstić information content (AvgIpc) is 2.94. The number of hydrogen-bond acceptors (Lipinski definition) is 7. The van der Waals surface area contributed by atoms with E-state index in [0.29, 0.717) is 17.2 Å². The van der Waals surface area contributed by atoms with Crippen molar-refractivity contribution in [2.75, 3.05) is 18.6 Å². The summed E-state index contributed by atoms with van der Waals surface area (Å²) in [6.45, 7) is 8.09. The molecule has 0 radical (unpaired) electrons. The Morgan fingerprint density at radius 3 is 2.33 bits per heavy atom. The molecule has 8 heteroatoms. The Hall–Kier alpha value is -3.29. The summed E-state index contributed by atoms with van der Waals surface area (Å²) in [5, 5.41) is 4.56. The lowest BCUT2D eigenvalue weighted by Crippen LogP contribution is -2.06. The molecule has 0 unspecified atom stereocenters. The quantitative estimate of drug-likeness (QED) is 0.709. The summed E-state index contributed by atoms with van der Waals surface area (Å²) in [5.74, 6) is 2.16. The molecule has 0 spiro atoms. The summed E-state index contributed by atoms with van der Waals surface area (Å²) in [6, 6.07) is 5.85. The minimum atomic E-state index is 0.0991. The first kappa shape index (κ1) is 18.5. The second-order valence-electron chi connectivity index (χ2n) is 6.64. The van der Waals surface area contributed by atoms with E-state index in [1.165, 1.54) is 6.20 Å². The SMILES string of the molecule is COc1cc(C(C)C)c(Oc2cnc(N)nc2N)cc1-n1nc(C)cc1C. The van der Waals surface area contributed by atoms with E-state index in [1.807, 2.05) is 36.7 Å². The molecule has 0 saturated heterocycles. The molecule has 0 aliphatic heterocycles. The first-order chi connectivity index (χ1) is 12.8. The van der Waals surface area contributed by atoms with Gasteiger partial charge in [0.2, 0.25) is 5.95 Å². The fraction of sp³-hybridized carbons (Fsp3) is 0.316. The van der Waals surface area contributed by atoms with Crippen LogP contribution in [-0.4, -0.2) is 26.9 Å². The Morgan fingerprint density at radius 2 is 1.78 bits per heavy atom. The van der Waals surface area contributed by atoms with Crippen LogP contribution in [0.4, 0.5) is 11.8 Å². The molecule has 2 heterocycles. The highest BCUT2D eigenvalue weighted by Gasteiger charge is 2.19. The van der Waals surface area contributed by atoms with Gasteiger partial charge in [-0.1, -0.05) is 13.8 Å². The molecule has 0 aliphatic rings. The third kappa shape index (κ3) is 3.64. The second-order valence-corrected chi connectivity index (χ2v) is 6.64. The normalized spacial score (nSPS) is 11.0. The number of rotatable bonds is 5. The number of aromatic nitrogens is 4. The molecule has 0 fully saturated rings. The Balaban J connectivity index is 2.16. The molecule has 27 heavy (non-hydrogen) atoms. The summed E-state index contributed by atoms with van der Waals surface area (Å²) in [7, 11) is 1.64. The molecule has 1 aromatic carbocycles. The molecule has 142 valence electrons. The molecule has 2 aromatic heterocycles. The second kappa shape index (κ2) is 7.14. The van der Waals surface area contributed by atoms with Gasteiger partial charge in [-0.25, -0.2) is 9.67 Å². The topological polar surface area (TPSA) is 114 Å². The fourth-order valence-corrected chi connectivity index (χ4v) is 2.90. The monoisotopic (exact) mass is 368 g/mol. The van der Waals surface area contributed by atoms with Gasteiger partial charge in [-0.15, -0.1) is 0 Å². The standard InChI is InChI=1S/C19H24N6O2/c1-10(2)13-7-16(26-5)14(25-12(4)6-11(3)24-25)8-15(13)27-17-9-22-19(21)23-18(17)20/h6-10H,1-5H3,(H4,20,21,22,23). The van der Waals surface area contributed by atoms with E-state index in [1.54, 1.807) is 7.11 Å². The van der Waals surface area contributed by atoms with Gasteiger partial charge < -0.3 is 20.9 Å². The predicted molar refractivity (Wildman–Crippen MR) is 105 cm³/mol. The lowest BCUT2D eigenvalue weighted by molar-refractivity contribution is 0.407. The largest absolute Gasteiger partial charge is 0.494 e. The summed E-state index contributed by atoms with van der Waals surface area (Å²) in [5.41, 5.74) is 15.1. The lowest BCUT2D eigenvalue weighted by Gasteiger charge is -2.19. The van der Waals surface area contributed by atoms with E-state index in [9.17, 15) is 0 Å². The Bertz CT molecular complexity index is 981. The molecule has 0 aliphatic carbocycles. The van der Waals surface area contributed by atoms with Crippen molar-refractivity contribution in [1.82, 2.24) is 19.7 Å². The van der Waals surface area contributed by atoms with Crippen molar-refractivity contribution in [3.05, 3.63) is 41.3 Å². The zero-order valence-corrected chi connectivity index (χ0v) is 16.1. The van der Waals surface area contributed by atoms with Gasteiger partial charge in [-0.3, -0.25) is 0 Å². The maximum atomic E-state index is 6.06. The number of benzene rings is 1. The van der Waals surface area contributed by atoms with Crippen LogP contribution in [0.1, 0.15) is 36.7 Å². The van der Waals surface area contributed by atoms with Crippen LogP contribution in [0.5, 0.6) is 17.2 Å². The summed E-state index contributed by atoms with van der Waals surface area (Å²) >= 11 is 0. The van der Waals surface area contributed by atoms with Crippen LogP contribution in [0, 0.1) is 13.8 Å². The zero-order valence-electron chi connectivity index (χ0n) is 16.1. The van der Waals surface area contributed by atoms with E-state index in [-0.39, 0.29) is 17.7 Å². The Labute approximate surface area is 158 Å². The molecule has 0 atom stereocenters. The molecule has 0 bridgehead atoms. The molecule has 8 nitrogen and oxygen atoms in total. The number of nitrogens with zero attached hydrogens (tertiary/aromatic N) is 4. The van der Waals surface area contributed by atoms with Gasteiger partial charge in [0.15, 0.2) is 11.6 Å². The number of anilines is 2. The lowest BCUT2D eigenvalue weighted by atomic mass is 10.0. The van der Waals surface area contributed by atoms with Crippen molar-refractivity contribution >= 4 is 11.8 Å². The van der Waals surface area contributed by atoms with Gasteiger partial charge in [0.05, 0.1) is 19.0 Å². The first-order valence-corrected chi connectivity index (χ1v) is 8.61. The number of nitrogen functional groups attached to an aromatic ring is 2. The highest BCUT2D eigenvalue weighted by molar-refractivity contribution is 5.58. The van der Waals surface area contributed by atoms with Crippen LogP contribution in [0.25, 0.3) is 5.69 Å². The maximum absolute atomic E-state index is 6.06. The number of hydrogen-bond donors (Lipinski definition) is 2. The van der Waals surface area contributed by atoms with Gasteiger partial charge >= 0.3 is 0 Å². The molecular formula is C19H24N6O2. The molecule has 0 saturated carbocycles. The van der Waals surface area contributed by atoms with Crippen LogP contribution in [0.3, 0.4) is 0 Å². The van der Waals surface area contributed by atoms with Crippen LogP contribution in [-0.2, 0) is 0 Å². The number of methoxy groups -OCH3 is 1. The van der Waals surface area contributed by atoms with E-state index < -0.39 is 0 Å². The van der Waals surface area contributed by atoms with E-state index in [0.717, 1.165) is 22.6 Å². The van der Waals surface area contributed by atoms with Crippen molar-refractivity contribution in [2.45, 2.75) is 33.6 Å². The number of ether oxygens (including phenoxy) is 2. The molecule has 0 amide bonds. The van der Waals surface area contributed by atoms with Crippen LogP contribution < -0.4 is 20.9 Å².